The Morgan fingerprint density at radius 1 is 0.532 bits per heavy atom. The van der Waals surface area contributed by atoms with Crippen LogP contribution in [0.5, 0.6) is 0 Å². The Labute approximate surface area is 288 Å². The lowest BCUT2D eigenvalue weighted by Gasteiger charge is -2.18. The van der Waals surface area contributed by atoms with E-state index in [-0.39, 0.29) is 19.4 Å². The van der Waals surface area contributed by atoms with Gasteiger partial charge in [-0.15, -0.1) is 0 Å². The zero-order valence-electron chi connectivity index (χ0n) is 30.4. The van der Waals surface area contributed by atoms with Crippen LogP contribution >= 0.6 is 7.82 Å². The van der Waals surface area contributed by atoms with E-state index in [1.54, 1.807) is 0 Å². The van der Waals surface area contributed by atoms with Crippen molar-refractivity contribution in [2.24, 2.45) is 0 Å². The quantitative estimate of drug-likeness (QED) is 0.0289. The van der Waals surface area contributed by atoms with Crippen molar-refractivity contribution < 1.29 is 37.9 Å². The zero-order chi connectivity index (χ0) is 34.7. The zero-order valence-corrected chi connectivity index (χ0v) is 31.3. The molecule has 0 heterocycles. The first-order valence-corrected chi connectivity index (χ1v) is 21.0. The highest BCUT2D eigenvalue weighted by Crippen LogP contribution is 2.36. The lowest BCUT2D eigenvalue weighted by atomic mass is 10.0. The Kier molecular flexibility index (Phi) is 33.8. The van der Waals surface area contributed by atoms with Crippen LogP contribution in [0.2, 0.25) is 0 Å². The summed E-state index contributed by atoms with van der Waals surface area (Å²) in [5, 5.41) is 0. The Morgan fingerprint density at radius 3 is 1.36 bits per heavy atom. The molecule has 9 heteroatoms. The van der Waals surface area contributed by atoms with Crippen molar-refractivity contribution in [3.8, 4) is 0 Å². The summed E-state index contributed by atoms with van der Waals surface area (Å²) in [6.07, 6.45) is 36.5. The fourth-order valence-corrected chi connectivity index (χ4v) is 5.95. The minimum Gasteiger partial charge on any atom is -0.462 e. The highest BCUT2D eigenvalue weighted by molar-refractivity contribution is 7.46. The molecule has 0 saturated carbocycles. The van der Waals surface area contributed by atoms with E-state index in [0.717, 1.165) is 57.8 Å². The number of carbonyl (C=O) groups is 2. The van der Waals surface area contributed by atoms with Crippen LogP contribution in [0, 0.1) is 0 Å². The van der Waals surface area contributed by atoms with E-state index >= 15 is 0 Å². The van der Waals surface area contributed by atoms with Gasteiger partial charge in [0.1, 0.15) is 6.61 Å². The number of hydrogen-bond acceptors (Lipinski definition) is 6. The molecule has 0 aromatic rings. The van der Waals surface area contributed by atoms with Gasteiger partial charge in [0, 0.05) is 12.8 Å². The summed E-state index contributed by atoms with van der Waals surface area (Å²) in [6.45, 7) is 3.64. The second-order valence-electron chi connectivity index (χ2n) is 13.3. The molecule has 0 aliphatic heterocycles. The second-order valence-corrected chi connectivity index (χ2v) is 14.5. The van der Waals surface area contributed by atoms with Crippen LogP contribution < -0.4 is 0 Å². The van der Waals surface area contributed by atoms with Crippen LogP contribution in [0.25, 0.3) is 0 Å². The van der Waals surface area contributed by atoms with E-state index in [2.05, 4.69) is 30.5 Å². The lowest BCUT2D eigenvalue weighted by Crippen LogP contribution is -2.29. The predicted molar refractivity (Wildman–Crippen MR) is 193 cm³/mol. The summed E-state index contributed by atoms with van der Waals surface area (Å²) in [5.41, 5.74) is 0. The molecule has 0 aliphatic carbocycles. The van der Waals surface area contributed by atoms with E-state index in [1.165, 1.54) is 109 Å². The molecule has 1 unspecified atom stereocenters. The smallest absolute Gasteiger partial charge is 0.462 e. The Morgan fingerprint density at radius 2 is 0.915 bits per heavy atom. The minimum atomic E-state index is -4.74. The summed E-state index contributed by atoms with van der Waals surface area (Å²) < 4.78 is 26.3. The molecule has 0 bridgehead atoms. The van der Waals surface area contributed by atoms with E-state index < -0.39 is 32.5 Å². The van der Waals surface area contributed by atoms with E-state index in [1.807, 2.05) is 0 Å². The van der Waals surface area contributed by atoms with Crippen LogP contribution in [0.1, 0.15) is 200 Å². The molecule has 0 radical (unpaired) electrons. The van der Waals surface area contributed by atoms with Gasteiger partial charge in [0.15, 0.2) is 6.10 Å². The second kappa shape index (κ2) is 34.6. The standard InChI is InChI=1S/C38H73O8P/c1-3-5-7-9-11-13-15-16-17-18-19-20-21-23-24-26-28-30-32-37(39)44-34-36(35-45-47(41,42)43)46-38(40)33-31-29-27-25-22-14-12-10-8-6-4-2/h10,12,36H,3-9,11,13-35H2,1-2H3,(H2,41,42,43)/b12-10-. The fourth-order valence-electron chi connectivity index (χ4n) is 5.59. The molecule has 8 nitrogen and oxygen atoms in total. The number of esters is 2. The molecule has 0 fully saturated rings. The number of phosphoric acid groups is 1. The van der Waals surface area contributed by atoms with Gasteiger partial charge in [-0.1, -0.05) is 167 Å². The Balaban J connectivity index is 3.87. The first-order valence-electron chi connectivity index (χ1n) is 19.5. The lowest BCUT2D eigenvalue weighted by molar-refractivity contribution is -0.161. The molecular formula is C38H73O8P. The number of rotatable bonds is 36. The fraction of sp³-hybridized carbons (Fsp3) is 0.895. The van der Waals surface area contributed by atoms with E-state index in [9.17, 15) is 14.2 Å². The molecular weight excluding hydrogens is 615 g/mol. The van der Waals surface area contributed by atoms with Gasteiger partial charge in [-0.05, 0) is 32.1 Å². The van der Waals surface area contributed by atoms with Crippen molar-refractivity contribution in [3.05, 3.63) is 12.2 Å². The molecule has 0 saturated heterocycles. The third-order valence-corrected chi connectivity index (χ3v) is 9.02. The molecule has 0 amide bonds. The van der Waals surface area contributed by atoms with Crippen molar-refractivity contribution in [2.45, 2.75) is 206 Å². The van der Waals surface area contributed by atoms with Crippen molar-refractivity contribution >= 4 is 19.8 Å². The predicted octanol–water partition coefficient (Wildman–Crippen LogP) is 11.5. The first-order chi connectivity index (χ1) is 22.8. The molecule has 0 rings (SSSR count). The van der Waals surface area contributed by atoms with Gasteiger partial charge in [0.2, 0.25) is 0 Å². The maximum atomic E-state index is 12.3. The van der Waals surface area contributed by atoms with Crippen LogP contribution in [0.4, 0.5) is 0 Å². The third kappa shape index (κ3) is 37.5. The van der Waals surface area contributed by atoms with E-state index in [0.29, 0.717) is 6.42 Å². The van der Waals surface area contributed by atoms with Crippen LogP contribution in [0.3, 0.4) is 0 Å². The molecule has 47 heavy (non-hydrogen) atoms. The largest absolute Gasteiger partial charge is 0.469 e. The van der Waals surface area contributed by atoms with Gasteiger partial charge < -0.3 is 19.3 Å². The Hall–Kier alpha value is -1.21. The highest BCUT2D eigenvalue weighted by atomic mass is 31.2. The van der Waals surface area contributed by atoms with Crippen LogP contribution in [0.15, 0.2) is 12.2 Å². The third-order valence-electron chi connectivity index (χ3n) is 8.53. The molecule has 0 aromatic heterocycles. The number of phosphoric ester groups is 1. The molecule has 278 valence electrons. The maximum Gasteiger partial charge on any atom is 0.469 e. The van der Waals surface area contributed by atoms with Crippen LogP contribution in [-0.2, 0) is 28.2 Å². The normalized spacial score (nSPS) is 12.5. The molecule has 2 N–H and O–H groups in total. The van der Waals surface area contributed by atoms with Crippen molar-refractivity contribution in [1.82, 2.24) is 0 Å². The van der Waals surface area contributed by atoms with Gasteiger partial charge >= 0.3 is 19.8 Å². The topological polar surface area (TPSA) is 119 Å². The highest BCUT2D eigenvalue weighted by Gasteiger charge is 2.22. The van der Waals surface area contributed by atoms with Gasteiger partial charge in [-0.25, -0.2) is 4.57 Å². The van der Waals surface area contributed by atoms with Crippen molar-refractivity contribution in [3.63, 3.8) is 0 Å². The van der Waals surface area contributed by atoms with E-state index in [4.69, 9.17) is 19.3 Å². The monoisotopic (exact) mass is 689 g/mol. The Bertz CT molecular complexity index is 782. The van der Waals surface area contributed by atoms with Crippen molar-refractivity contribution in [2.75, 3.05) is 13.2 Å². The van der Waals surface area contributed by atoms with Gasteiger partial charge in [0.05, 0.1) is 6.61 Å². The van der Waals surface area contributed by atoms with Gasteiger partial charge in [0.25, 0.3) is 0 Å². The summed E-state index contributed by atoms with van der Waals surface area (Å²) in [5.74, 6) is -0.887. The molecule has 0 aliphatic rings. The van der Waals surface area contributed by atoms with Crippen molar-refractivity contribution in [1.29, 1.82) is 0 Å². The van der Waals surface area contributed by atoms with Crippen LogP contribution in [-0.4, -0.2) is 41.0 Å². The minimum absolute atomic E-state index is 0.205. The molecule has 1 atom stereocenters. The SMILES string of the molecule is CCCC/C=C\CCCCCCCC(=O)OC(COC(=O)CCCCCCCCCCCCCCCCCCCC)COP(=O)(O)O. The number of ether oxygens (including phenoxy) is 2. The maximum absolute atomic E-state index is 12.3. The number of hydrogen-bond donors (Lipinski definition) is 2. The average molecular weight is 689 g/mol. The summed E-state index contributed by atoms with van der Waals surface area (Å²) in [7, 11) is -4.74. The average Bonchev–Trinajstić information content (AvgIpc) is 3.03. The van der Waals surface area contributed by atoms with Gasteiger partial charge in [-0.2, -0.15) is 0 Å². The number of carbonyl (C=O) groups excluding carboxylic acids is 2. The van der Waals surface area contributed by atoms with Gasteiger partial charge in [-0.3, -0.25) is 14.1 Å². The summed E-state index contributed by atoms with van der Waals surface area (Å²) in [6, 6.07) is 0. The number of unbranched alkanes of at least 4 members (excludes halogenated alkanes) is 24. The molecule has 0 spiro atoms. The summed E-state index contributed by atoms with van der Waals surface area (Å²) in [4.78, 5) is 42.6. The number of allylic oxidation sites excluding steroid dienone is 2. The first kappa shape index (κ1) is 45.8. The summed E-state index contributed by atoms with van der Waals surface area (Å²) >= 11 is 0. The molecule has 0 aromatic carbocycles.